The van der Waals surface area contributed by atoms with Crippen LogP contribution >= 0.6 is 21.6 Å². The lowest BCUT2D eigenvalue weighted by molar-refractivity contribution is 0.0656. The van der Waals surface area contributed by atoms with E-state index in [1.54, 1.807) is 0 Å². The van der Waals surface area contributed by atoms with Crippen molar-refractivity contribution in [3.05, 3.63) is 0 Å². The van der Waals surface area contributed by atoms with Gasteiger partial charge in [-0.15, -0.1) is 0 Å². The first kappa shape index (κ1) is 9.13. The van der Waals surface area contributed by atoms with Crippen LogP contribution in [-0.2, 0) is 0 Å². The predicted molar refractivity (Wildman–Crippen MR) is 50.9 cm³/mol. The van der Waals surface area contributed by atoms with Crippen molar-refractivity contribution >= 4 is 21.6 Å². The number of halogens is 2. The molecule has 2 rings (SSSR count). The highest BCUT2D eigenvalue weighted by Crippen LogP contribution is 2.44. The van der Waals surface area contributed by atoms with Crippen LogP contribution in [-0.4, -0.2) is 23.8 Å². The third-order valence-corrected chi connectivity index (χ3v) is 5.37. The maximum atomic E-state index is 13.0. The van der Waals surface area contributed by atoms with Crippen LogP contribution in [0.4, 0.5) is 8.78 Å². The summed E-state index contributed by atoms with van der Waals surface area (Å²) in [5, 5.41) is 0. The summed E-state index contributed by atoms with van der Waals surface area (Å²) in [6.07, 6.45) is -1.46. The summed E-state index contributed by atoms with van der Waals surface area (Å²) < 4.78 is 25.9. The molecule has 0 N–H and O–H groups in total. The minimum absolute atomic E-state index is 0.443. The Balaban J connectivity index is 1.98. The van der Waals surface area contributed by atoms with E-state index in [0.29, 0.717) is 24.7 Å². The van der Waals surface area contributed by atoms with Crippen LogP contribution in [0.2, 0.25) is 0 Å². The Hall–Kier alpha value is 0.560. The molecule has 0 nitrogen and oxygen atoms in total. The predicted octanol–water partition coefficient (Wildman–Crippen LogP) is 3.08. The lowest BCUT2D eigenvalue weighted by atomic mass is 9.79. The number of hydrogen-bond acceptors (Lipinski definition) is 2. The van der Waals surface area contributed by atoms with Crippen LogP contribution in [0.25, 0.3) is 0 Å². The molecule has 1 aliphatic carbocycles. The second kappa shape index (κ2) is 3.74. The van der Waals surface area contributed by atoms with Crippen molar-refractivity contribution in [1.29, 1.82) is 0 Å². The van der Waals surface area contributed by atoms with E-state index >= 15 is 0 Å². The van der Waals surface area contributed by atoms with Gasteiger partial charge in [-0.25, -0.2) is 8.78 Å². The van der Waals surface area contributed by atoms with Gasteiger partial charge in [-0.1, -0.05) is 21.6 Å². The summed E-state index contributed by atoms with van der Waals surface area (Å²) >= 11 is 0. The Morgan fingerprint density at radius 1 is 0.833 bits per heavy atom. The van der Waals surface area contributed by atoms with Crippen molar-refractivity contribution in [2.75, 3.05) is 11.5 Å². The first-order valence-electron chi connectivity index (χ1n) is 4.30. The van der Waals surface area contributed by atoms with Gasteiger partial charge < -0.3 is 0 Å². The molecule has 70 valence electrons. The first-order chi connectivity index (χ1) is 5.77. The maximum absolute atomic E-state index is 13.0. The standard InChI is InChI=1S/C8H12F2S2/c9-7-1-5-3-11-12-4-6(5)2-8(7)10/h5-8H,1-4H2. The largest absolute Gasteiger partial charge is 0.244 e. The van der Waals surface area contributed by atoms with Crippen molar-refractivity contribution in [1.82, 2.24) is 0 Å². The summed E-state index contributed by atoms with van der Waals surface area (Å²) in [5.74, 6) is 2.92. The minimum atomic E-state index is -1.19. The SMILES string of the molecule is FC1CC2CSSCC2CC1F. The quantitative estimate of drug-likeness (QED) is 0.563. The van der Waals surface area contributed by atoms with Crippen molar-refractivity contribution in [2.45, 2.75) is 25.2 Å². The molecular weight excluding hydrogens is 198 g/mol. The fourth-order valence-electron chi connectivity index (χ4n) is 1.94. The third-order valence-electron chi connectivity index (χ3n) is 2.76. The Morgan fingerprint density at radius 3 is 1.67 bits per heavy atom. The minimum Gasteiger partial charge on any atom is -0.244 e. The molecule has 1 heterocycles. The number of hydrogen-bond donors (Lipinski definition) is 0. The molecular formula is C8H12F2S2. The van der Waals surface area contributed by atoms with E-state index in [9.17, 15) is 8.78 Å². The topological polar surface area (TPSA) is 0 Å². The summed E-state index contributed by atoms with van der Waals surface area (Å²) in [4.78, 5) is 0. The summed E-state index contributed by atoms with van der Waals surface area (Å²) in [5.41, 5.74) is 0. The number of rotatable bonds is 0. The Morgan fingerprint density at radius 2 is 1.25 bits per heavy atom. The number of alkyl halides is 2. The second-order valence-corrected chi connectivity index (χ2v) is 6.14. The zero-order chi connectivity index (χ0) is 8.55. The van der Waals surface area contributed by atoms with Crippen LogP contribution in [0.5, 0.6) is 0 Å². The van der Waals surface area contributed by atoms with E-state index in [1.165, 1.54) is 0 Å². The van der Waals surface area contributed by atoms with Gasteiger partial charge in [-0.3, -0.25) is 0 Å². The van der Waals surface area contributed by atoms with Gasteiger partial charge in [-0.05, 0) is 24.7 Å². The zero-order valence-corrected chi connectivity index (χ0v) is 8.34. The van der Waals surface area contributed by atoms with E-state index in [-0.39, 0.29) is 0 Å². The second-order valence-electron chi connectivity index (χ2n) is 3.59. The molecule has 4 unspecified atom stereocenters. The van der Waals surface area contributed by atoms with E-state index < -0.39 is 12.3 Å². The monoisotopic (exact) mass is 210 g/mol. The van der Waals surface area contributed by atoms with Gasteiger partial charge in [0.05, 0.1) is 0 Å². The Kier molecular flexibility index (Phi) is 2.85. The molecule has 0 aromatic rings. The molecule has 2 aliphatic rings. The van der Waals surface area contributed by atoms with E-state index in [1.807, 2.05) is 21.6 Å². The van der Waals surface area contributed by atoms with Crippen LogP contribution in [0, 0.1) is 11.8 Å². The lowest BCUT2D eigenvalue weighted by Crippen LogP contribution is -2.37. The smallest absolute Gasteiger partial charge is 0.131 e. The highest BCUT2D eigenvalue weighted by atomic mass is 33.1. The molecule has 12 heavy (non-hydrogen) atoms. The van der Waals surface area contributed by atoms with E-state index in [4.69, 9.17) is 0 Å². The molecule has 0 aromatic carbocycles. The molecule has 1 saturated carbocycles. The highest BCUT2D eigenvalue weighted by Gasteiger charge is 2.38. The molecule has 0 amide bonds. The molecule has 0 spiro atoms. The van der Waals surface area contributed by atoms with Crippen molar-refractivity contribution in [3.63, 3.8) is 0 Å². The molecule has 1 saturated heterocycles. The molecule has 4 heteroatoms. The summed E-state index contributed by atoms with van der Waals surface area (Å²) in [6, 6.07) is 0. The van der Waals surface area contributed by atoms with Gasteiger partial charge in [0, 0.05) is 11.5 Å². The Bertz CT molecular complexity index is 147. The van der Waals surface area contributed by atoms with Crippen LogP contribution < -0.4 is 0 Å². The fraction of sp³-hybridized carbons (Fsp3) is 1.00. The van der Waals surface area contributed by atoms with Gasteiger partial charge in [0.25, 0.3) is 0 Å². The molecule has 2 fully saturated rings. The third kappa shape index (κ3) is 1.74. The van der Waals surface area contributed by atoms with Crippen molar-refractivity contribution in [3.8, 4) is 0 Å². The van der Waals surface area contributed by atoms with Crippen LogP contribution in [0.1, 0.15) is 12.8 Å². The lowest BCUT2D eigenvalue weighted by Gasteiger charge is -2.37. The molecule has 0 aromatic heterocycles. The van der Waals surface area contributed by atoms with Gasteiger partial charge in [0.2, 0.25) is 0 Å². The van der Waals surface area contributed by atoms with Crippen LogP contribution in [0.15, 0.2) is 0 Å². The summed E-state index contributed by atoms with van der Waals surface area (Å²) in [7, 11) is 3.62. The number of fused-ring (bicyclic) bond motifs is 1. The van der Waals surface area contributed by atoms with Gasteiger partial charge >= 0.3 is 0 Å². The Labute approximate surface area is 79.3 Å². The van der Waals surface area contributed by atoms with E-state index in [0.717, 1.165) is 11.5 Å². The molecule has 1 aliphatic heterocycles. The normalized spacial score (nSPS) is 48.5. The first-order valence-corrected chi connectivity index (χ1v) is 6.78. The van der Waals surface area contributed by atoms with Gasteiger partial charge in [0.15, 0.2) is 0 Å². The average molecular weight is 210 g/mol. The molecule has 0 bridgehead atoms. The van der Waals surface area contributed by atoms with Crippen molar-refractivity contribution in [2.24, 2.45) is 11.8 Å². The summed E-state index contributed by atoms with van der Waals surface area (Å²) in [6.45, 7) is 0. The van der Waals surface area contributed by atoms with Gasteiger partial charge in [0.1, 0.15) is 12.3 Å². The highest BCUT2D eigenvalue weighted by molar-refractivity contribution is 8.76. The van der Waals surface area contributed by atoms with E-state index in [2.05, 4.69) is 0 Å². The van der Waals surface area contributed by atoms with Crippen molar-refractivity contribution < 1.29 is 8.78 Å². The maximum Gasteiger partial charge on any atom is 0.131 e. The average Bonchev–Trinajstić information content (AvgIpc) is 2.07. The zero-order valence-electron chi connectivity index (χ0n) is 6.71. The molecule has 0 radical (unpaired) electrons. The fourth-order valence-corrected chi connectivity index (χ4v) is 4.92. The van der Waals surface area contributed by atoms with Gasteiger partial charge in [-0.2, -0.15) is 0 Å². The molecule has 4 atom stereocenters. The van der Waals surface area contributed by atoms with Crippen LogP contribution in [0.3, 0.4) is 0 Å².